The molecule has 1 N–H and O–H groups in total. The molecule has 1 unspecified atom stereocenters. The number of likely N-dealkylation sites (N-methyl/N-ethyl adjacent to an activating group) is 1. The van der Waals surface area contributed by atoms with Gasteiger partial charge in [-0.15, -0.1) is 36.2 Å². The minimum Gasteiger partial charge on any atom is -0.334 e. The van der Waals surface area contributed by atoms with E-state index in [1.807, 2.05) is 11.9 Å². The molecule has 1 amide bonds. The van der Waals surface area contributed by atoms with Crippen LogP contribution in [-0.4, -0.2) is 51.9 Å². The Morgan fingerprint density at radius 1 is 1.35 bits per heavy atom. The summed E-state index contributed by atoms with van der Waals surface area (Å²) in [6.07, 6.45) is 7.10. The van der Waals surface area contributed by atoms with Crippen LogP contribution in [0.3, 0.4) is 0 Å². The first-order valence-corrected chi connectivity index (χ1v) is 7.80. The molecular formula is C14H19Cl2N5OS. The van der Waals surface area contributed by atoms with Gasteiger partial charge in [-0.2, -0.15) is 0 Å². The Morgan fingerprint density at radius 2 is 2.09 bits per heavy atom. The topological polar surface area (TPSA) is 71.0 Å². The maximum Gasteiger partial charge on any atom is 0.265 e. The summed E-state index contributed by atoms with van der Waals surface area (Å²) in [6.45, 7) is 1.65. The van der Waals surface area contributed by atoms with Crippen molar-refractivity contribution in [2.75, 3.05) is 20.1 Å². The fourth-order valence-corrected chi connectivity index (χ4v) is 3.40. The molecule has 1 aliphatic heterocycles. The molecule has 9 heteroatoms. The maximum absolute atomic E-state index is 12.6. The number of aromatic nitrogens is 3. The number of rotatable bonds is 4. The first-order chi connectivity index (χ1) is 10.3. The fourth-order valence-electron chi connectivity index (χ4n) is 2.58. The smallest absolute Gasteiger partial charge is 0.265 e. The number of nitrogens with zero attached hydrogens (tertiary/aromatic N) is 4. The molecule has 0 radical (unpaired) electrons. The van der Waals surface area contributed by atoms with Crippen molar-refractivity contribution in [2.45, 2.75) is 18.9 Å². The number of carbonyl (C=O) groups is 1. The first-order valence-electron chi connectivity index (χ1n) is 6.98. The van der Waals surface area contributed by atoms with Crippen LogP contribution < -0.4 is 5.32 Å². The molecule has 126 valence electrons. The Morgan fingerprint density at radius 3 is 2.78 bits per heavy atom. The van der Waals surface area contributed by atoms with Crippen molar-refractivity contribution >= 4 is 42.1 Å². The highest BCUT2D eigenvalue weighted by molar-refractivity contribution is 7.16. The van der Waals surface area contributed by atoms with Gasteiger partial charge in [0.1, 0.15) is 4.88 Å². The summed E-state index contributed by atoms with van der Waals surface area (Å²) in [5.41, 5.74) is 0. The zero-order valence-corrected chi connectivity index (χ0v) is 15.1. The third kappa shape index (κ3) is 4.38. The highest BCUT2D eigenvalue weighted by Gasteiger charge is 2.30. The molecule has 1 fully saturated rings. The Labute approximate surface area is 151 Å². The Hall–Kier alpha value is -1.28. The van der Waals surface area contributed by atoms with Gasteiger partial charge in [-0.05, 0) is 26.0 Å². The number of carbonyl (C=O) groups excluding carboxylic acids is 1. The minimum atomic E-state index is 0. The van der Waals surface area contributed by atoms with Crippen molar-refractivity contribution in [3.05, 3.63) is 29.5 Å². The van der Waals surface area contributed by atoms with Crippen molar-refractivity contribution < 1.29 is 4.79 Å². The number of hydrogen-bond acceptors (Lipinski definition) is 6. The highest BCUT2D eigenvalue weighted by atomic mass is 35.5. The molecule has 23 heavy (non-hydrogen) atoms. The number of halogens is 2. The predicted molar refractivity (Wildman–Crippen MR) is 95.6 cm³/mol. The van der Waals surface area contributed by atoms with Crippen molar-refractivity contribution in [2.24, 2.45) is 0 Å². The van der Waals surface area contributed by atoms with Gasteiger partial charge in [0, 0.05) is 31.5 Å². The van der Waals surface area contributed by atoms with Gasteiger partial charge in [-0.1, -0.05) is 0 Å². The molecule has 2 aromatic heterocycles. The summed E-state index contributed by atoms with van der Waals surface area (Å²) in [5.74, 6) is 0.627. The molecule has 0 spiro atoms. The zero-order chi connectivity index (χ0) is 14.7. The predicted octanol–water partition coefficient (Wildman–Crippen LogP) is 2.27. The van der Waals surface area contributed by atoms with E-state index < -0.39 is 0 Å². The van der Waals surface area contributed by atoms with Crippen LogP contribution in [-0.2, 0) is 0 Å². The molecule has 0 bridgehead atoms. The summed E-state index contributed by atoms with van der Waals surface area (Å²) in [5, 5.41) is 3.83. The second-order valence-corrected chi connectivity index (χ2v) is 5.98. The number of amides is 1. The molecular weight excluding hydrogens is 357 g/mol. The van der Waals surface area contributed by atoms with Crippen LogP contribution in [0.2, 0.25) is 0 Å². The van der Waals surface area contributed by atoms with E-state index >= 15 is 0 Å². The molecule has 1 aliphatic rings. The van der Waals surface area contributed by atoms with E-state index in [0.717, 1.165) is 25.9 Å². The van der Waals surface area contributed by atoms with Gasteiger partial charge in [0.15, 0.2) is 10.8 Å². The van der Waals surface area contributed by atoms with Crippen molar-refractivity contribution in [3.63, 3.8) is 0 Å². The van der Waals surface area contributed by atoms with Crippen LogP contribution >= 0.6 is 36.2 Å². The van der Waals surface area contributed by atoms with Crippen LogP contribution in [0.25, 0.3) is 10.8 Å². The van der Waals surface area contributed by atoms with Gasteiger partial charge >= 0.3 is 0 Å². The largest absolute Gasteiger partial charge is 0.334 e. The molecule has 0 aliphatic carbocycles. The average molecular weight is 376 g/mol. The van der Waals surface area contributed by atoms with Crippen molar-refractivity contribution in [3.8, 4) is 10.8 Å². The first kappa shape index (κ1) is 19.8. The fraction of sp³-hybridized carbons (Fsp3) is 0.429. The highest BCUT2D eigenvalue weighted by Crippen LogP contribution is 2.26. The van der Waals surface area contributed by atoms with Crippen molar-refractivity contribution in [1.82, 2.24) is 25.2 Å². The summed E-state index contributed by atoms with van der Waals surface area (Å²) in [7, 11) is 1.92. The van der Waals surface area contributed by atoms with Gasteiger partial charge in [0.2, 0.25) is 0 Å². The number of likely N-dealkylation sites (tertiary alicyclic amines) is 1. The van der Waals surface area contributed by atoms with Gasteiger partial charge < -0.3 is 10.2 Å². The molecule has 0 aromatic carbocycles. The van der Waals surface area contributed by atoms with E-state index in [1.54, 1.807) is 24.7 Å². The van der Waals surface area contributed by atoms with E-state index in [-0.39, 0.29) is 36.8 Å². The van der Waals surface area contributed by atoms with Crippen LogP contribution in [0, 0.1) is 0 Å². The third-order valence-electron chi connectivity index (χ3n) is 3.55. The monoisotopic (exact) mass is 375 g/mol. The Bertz CT molecular complexity index is 625. The summed E-state index contributed by atoms with van der Waals surface area (Å²) < 4.78 is 0. The zero-order valence-electron chi connectivity index (χ0n) is 12.6. The van der Waals surface area contributed by atoms with Crippen LogP contribution in [0.5, 0.6) is 0 Å². The number of nitrogens with one attached hydrogen (secondary N) is 1. The quantitative estimate of drug-likeness (QED) is 0.887. The van der Waals surface area contributed by atoms with Gasteiger partial charge in [0.25, 0.3) is 5.91 Å². The summed E-state index contributed by atoms with van der Waals surface area (Å²) >= 11 is 1.35. The lowest BCUT2D eigenvalue weighted by Crippen LogP contribution is -2.40. The molecule has 3 rings (SSSR count). The van der Waals surface area contributed by atoms with Crippen LogP contribution in [0.15, 0.2) is 24.7 Å². The lowest BCUT2D eigenvalue weighted by molar-refractivity contribution is 0.0741. The maximum atomic E-state index is 12.6. The minimum absolute atomic E-state index is 0. The normalized spacial score (nSPS) is 16.6. The lowest BCUT2D eigenvalue weighted by atomic mass is 10.2. The lowest BCUT2D eigenvalue weighted by Gasteiger charge is -2.23. The Kier molecular flexibility index (Phi) is 7.84. The third-order valence-corrected chi connectivity index (χ3v) is 4.53. The van der Waals surface area contributed by atoms with E-state index in [9.17, 15) is 4.79 Å². The van der Waals surface area contributed by atoms with Gasteiger partial charge in [-0.3, -0.25) is 4.79 Å². The average Bonchev–Trinajstić information content (AvgIpc) is 3.17. The molecule has 2 aromatic rings. The summed E-state index contributed by atoms with van der Waals surface area (Å²) in [4.78, 5) is 27.8. The second kappa shape index (κ2) is 9.12. The van der Waals surface area contributed by atoms with E-state index in [1.165, 1.54) is 11.3 Å². The van der Waals surface area contributed by atoms with Crippen molar-refractivity contribution in [1.29, 1.82) is 0 Å². The molecule has 0 saturated carbocycles. The SMILES string of the molecule is CNCC1CCCN1C(=O)c1cnc(-c2ncccn2)s1.Cl.Cl. The van der Waals surface area contributed by atoms with Crippen LogP contribution in [0.4, 0.5) is 0 Å². The molecule has 3 heterocycles. The van der Waals surface area contributed by atoms with Crippen LogP contribution in [0.1, 0.15) is 22.5 Å². The second-order valence-electron chi connectivity index (χ2n) is 4.95. The summed E-state index contributed by atoms with van der Waals surface area (Å²) in [6, 6.07) is 2.04. The molecule has 1 saturated heterocycles. The number of hydrogen-bond donors (Lipinski definition) is 1. The standard InChI is InChI=1S/C14H17N5OS.2ClH/c1-15-8-10-4-2-7-19(10)14(20)11-9-18-13(21-11)12-16-5-3-6-17-12;;/h3,5-6,9-10,15H,2,4,7-8H2,1H3;2*1H. The van der Waals surface area contributed by atoms with E-state index in [4.69, 9.17) is 0 Å². The van der Waals surface area contributed by atoms with Gasteiger partial charge in [0.05, 0.1) is 6.20 Å². The van der Waals surface area contributed by atoms with E-state index in [0.29, 0.717) is 15.7 Å². The van der Waals surface area contributed by atoms with Gasteiger partial charge in [-0.25, -0.2) is 15.0 Å². The molecule has 6 nitrogen and oxygen atoms in total. The Balaban J connectivity index is 0.00000132. The van der Waals surface area contributed by atoms with E-state index in [2.05, 4.69) is 20.3 Å². The molecule has 1 atom stereocenters. The number of thiazole rings is 1.